The fourth-order valence-electron chi connectivity index (χ4n) is 4.69. The number of amides is 3. The maximum atomic E-state index is 12.9. The molecule has 10 heteroatoms. The van der Waals surface area contributed by atoms with Crippen molar-refractivity contribution >= 4 is 29.4 Å². The number of nitrogens with one attached hydrogen (secondary N) is 3. The molecule has 1 aliphatic rings. The number of hydrogen-bond acceptors (Lipinski definition) is 7. The van der Waals surface area contributed by atoms with E-state index >= 15 is 0 Å². The molecule has 10 nitrogen and oxygen atoms in total. The molecule has 3 amide bonds. The second-order valence-electron chi connectivity index (χ2n) is 10.2. The Hall–Kier alpha value is -3.92. The molecule has 1 unspecified atom stereocenters. The van der Waals surface area contributed by atoms with Crippen LogP contribution in [0.25, 0.3) is 0 Å². The van der Waals surface area contributed by atoms with Gasteiger partial charge >= 0.3 is 5.97 Å². The summed E-state index contributed by atoms with van der Waals surface area (Å²) in [5.74, 6) is -0.623. The molecule has 2 aromatic rings. The van der Waals surface area contributed by atoms with Crippen LogP contribution in [0, 0.1) is 0 Å². The molecule has 1 aliphatic carbocycles. The Morgan fingerprint density at radius 2 is 1.49 bits per heavy atom. The van der Waals surface area contributed by atoms with E-state index in [0.29, 0.717) is 49.3 Å². The standard InChI is InChI=1S/C31H41N3O7/c35-27(18-6-1-2-7-19-29(37)34-39)32-24-14-10-17-26(22-24)40-21-11-20-28(36)33-30(23-12-4-3-5-13-23)31(38)41-25-15-8-9-16-25/h3-5,10,12-14,17,22,25,30,39H,1-2,6-9,11,15-16,18-21H2,(H,32,35)(H,33,36)(H,34,37). The van der Waals surface area contributed by atoms with E-state index in [0.717, 1.165) is 38.5 Å². The summed E-state index contributed by atoms with van der Waals surface area (Å²) in [6.07, 6.45) is 7.98. The Bertz CT molecular complexity index is 1120. The number of rotatable bonds is 17. The van der Waals surface area contributed by atoms with Gasteiger partial charge in [-0.2, -0.15) is 0 Å². The predicted octanol–water partition coefficient (Wildman–Crippen LogP) is 4.97. The van der Waals surface area contributed by atoms with Gasteiger partial charge in [0.1, 0.15) is 11.9 Å². The molecule has 0 bridgehead atoms. The molecule has 3 rings (SSSR count). The van der Waals surface area contributed by atoms with Gasteiger partial charge in [-0.1, -0.05) is 49.2 Å². The predicted molar refractivity (Wildman–Crippen MR) is 153 cm³/mol. The summed E-state index contributed by atoms with van der Waals surface area (Å²) < 4.78 is 11.5. The SMILES string of the molecule is O=C(CCCCCCC(=O)Nc1cccc(OCCCC(=O)NC(C(=O)OC2CCCC2)c2ccccc2)c1)NO. The average molecular weight is 568 g/mol. The molecule has 1 fully saturated rings. The lowest BCUT2D eigenvalue weighted by Gasteiger charge is -2.20. The highest BCUT2D eigenvalue weighted by Crippen LogP contribution is 2.24. The average Bonchev–Trinajstić information content (AvgIpc) is 3.49. The first-order chi connectivity index (χ1) is 19.9. The summed E-state index contributed by atoms with van der Waals surface area (Å²) in [4.78, 5) is 48.8. The molecular formula is C31H41N3O7. The van der Waals surface area contributed by atoms with Crippen LogP contribution >= 0.6 is 0 Å². The summed E-state index contributed by atoms with van der Waals surface area (Å²) in [6, 6.07) is 15.3. The zero-order chi connectivity index (χ0) is 29.3. The Kier molecular flexibility index (Phi) is 13.6. The van der Waals surface area contributed by atoms with Crippen molar-refractivity contribution in [2.75, 3.05) is 11.9 Å². The van der Waals surface area contributed by atoms with Crippen molar-refractivity contribution in [2.24, 2.45) is 0 Å². The van der Waals surface area contributed by atoms with E-state index in [1.54, 1.807) is 41.9 Å². The lowest BCUT2D eigenvalue weighted by Crippen LogP contribution is -2.36. The molecule has 0 saturated heterocycles. The number of unbranched alkanes of at least 4 members (excludes halogenated alkanes) is 3. The van der Waals surface area contributed by atoms with E-state index < -0.39 is 17.9 Å². The molecule has 0 aromatic heterocycles. The third-order valence-corrected chi connectivity index (χ3v) is 6.88. The lowest BCUT2D eigenvalue weighted by atomic mass is 10.1. The van der Waals surface area contributed by atoms with Crippen molar-refractivity contribution in [3.63, 3.8) is 0 Å². The highest BCUT2D eigenvalue weighted by molar-refractivity contribution is 5.90. The van der Waals surface area contributed by atoms with Gasteiger partial charge in [0, 0.05) is 31.0 Å². The van der Waals surface area contributed by atoms with Crippen LogP contribution in [0.5, 0.6) is 5.75 Å². The fraction of sp³-hybridized carbons (Fsp3) is 0.484. The first-order valence-corrected chi connectivity index (χ1v) is 14.4. The van der Waals surface area contributed by atoms with E-state index in [-0.39, 0.29) is 30.8 Å². The molecule has 41 heavy (non-hydrogen) atoms. The zero-order valence-corrected chi connectivity index (χ0v) is 23.4. The maximum Gasteiger partial charge on any atom is 0.333 e. The van der Waals surface area contributed by atoms with E-state index in [1.165, 1.54) is 0 Å². The molecule has 1 saturated carbocycles. The molecule has 0 spiro atoms. The van der Waals surface area contributed by atoms with Gasteiger partial charge in [-0.3, -0.25) is 19.6 Å². The van der Waals surface area contributed by atoms with Crippen LogP contribution in [-0.2, 0) is 23.9 Å². The summed E-state index contributed by atoms with van der Waals surface area (Å²) >= 11 is 0. The van der Waals surface area contributed by atoms with Crippen molar-refractivity contribution in [3.8, 4) is 5.75 Å². The van der Waals surface area contributed by atoms with Crippen LogP contribution in [0.4, 0.5) is 5.69 Å². The summed E-state index contributed by atoms with van der Waals surface area (Å²) in [7, 11) is 0. The number of carbonyl (C=O) groups excluding carboxylic acids is 4. The normalized spacial score (nSPS) is 13.7. The second-order valence-corrected chi connectivity index (χ2v) is 10.2. The first kappa shape index (κ1) is 31.6. The van der Waals surface area contributed by atoms with Gasteiger partial charge in [0.2, 0.25) is 17.7 Å². The van der Waals surface area contributed by atoms with Crippen molar-refractivity contribution in [1.29, 1.82) is 0 Å². The van der Waals surface area contributed by atoms with Crippen LogP contribution in [0.2, 0.25) is 0 Å². The molecule has 4 N–H and O–H groups in total. The van der Waals surface area contributed by atoms with Crippen LogP contribution < -0.4 is 20.9 Å². The molecule has 1 atom stereocenters. The van der Waals surface area contributed by atoms with Gasteiger partial charge in [-0.25, -0.2) is 10.3 Å². The van der Waals surface area contributed by atoms with Gasteiger partial charge in [-0.15, -0.1) is 0 Å². The minimum absolute atomic E-state index is 0.0848. The Balaban J connectivity index is 1.37. The van der Waals surface area contributed by atoms with Gasteiger partial charge in [0.15, 0.2) is 6.04 Å². The summed E-state index contributed by atoms with van der Waals surface area (Å²) in [6.45, 7) is 0.293. The van der Waals surface area contributed by atoms with Crippen LogP contribution in [0.15, 0.2) is 54.6 Å². The second kappa shape index (κ2) is 17.7. The maximum absolute atomic E-state index is 12.9. The number of esters is 1. The zero-order valence-electron chi connectivity index (χ0n) is 23.4. The molecule has 0 heterocycles. The molecule has 2 aromatic carbocycles. The van der Waals surface area contributed by atoms with Gasteiger partial charge in [-0.05, 0) is 62.6 Å². The molecule has 0 aliphatic heterocycles. The topological polar surface area (TPSA) is 143 Å². The summed E-state index contributed by atoms with van der Waals surface area (Å²) in [5.41, 5.74) is 2.91. The Morgan fingerprint density at radius 3 is 2.20 bits per heavy atom. The van der Waals surface area contributed by atoms with Crippen molar-refractivity contribution in [2.45, 2.75) is 89.2 Å². The lowest BCUT2D eigenvalue weighted by molar-refractivity contribution is -0.153. The van der Waals surface area contributed by atoms with E-state index in [2.05, 4.69) is 10.6 Å². The van der Waals surface area contributed by atoms with Crippen LogP contribution in [-0.4, -0.2) is 41.6 Å². The van der Waals surface area contributed by atoms with Crippen LogP contribution in [0.1, 0.15) is 88.7 Å². The summed E-state index contributed by atoms with van der Waals surface area (Å²) in [5, 5.41) is 14.2. The number of hydrogen-bond donors (Lipinski definition) is 4. The minimum Gasteiger partial charge on any atom is -0.494 e. The highest BCUT2D eigenvalue weighted by Gasteiger charge is 2.28. The minimum atomic E-state index is -0.849. The molecule has 222 valence electrons. The monoisotopic (exact) mass is 567 g/mol. The van der Waals surface area contributed by atoms with Crippen molar-refractivity contribution < 1.29 is 33.9 Å². The quantitative estimate of drug-likeness (QED) is 0.0914. The number of carbonyl (C=O) groups is 4. The smallest absolute Gasteiger partial charge is 0.333 e. The van der Waals surface area contributed by atoms with Gasteiger partial charge in [0.25, 0.3) is 0 Å². The van der Waals surface area contributed by atoms with Crippen molar-refractivity contribution in [3.05, 3.63) is 60.2 Å². The van der Waals surface area contributed by atoms with Crippen molar-refractivity contribution in [1.82, 2.24) is 10.8 Å². The van der Waals surface area contributed by atoms with E-state index in [9.17, 15) is 19.2 Å². The highest BCUT2D eigenvalue weighted by atomic mass is 16.5. The van der Waals surface area contributed by atoms with Gasteiger partial charge < -0.3 is 20.1 Å². The molecule has 0 radical (unpaired) electrons. The largest absolute Gasteiger partial charge is 0.494 e. The van der Waals surface area contributed by atoms with Gasteiger partial charge in [0.05, 0.1) is 6.61 Å². The molecular weight excluding hydrogens is 526 g/mol. The Morgan fingerprint density at radius 1 is 0.805 bits per heavy atom. The van der Waals surface area contributed by atoms with E-state index in [1.807, 2.05) is 18.2 Å². The third-order valence-electron chi connectivity index (χ3n) is 6.88. The Labute approximate surface area is 241 Å². The first-order valence-electron chi connectivity index (χ1n) is 14.4. The number of hydroxylamine groups is 1. The fourth-order valence-corrected chi connectivity index (χ4v) is 4.69. The number of ether oxygens (including phenoxy) is 2. The third kappa shape index (κ3) is 12.0. The number of anilines is 1. The number of benzene rings is 2. The van der Waals surface area contributed by atoms with E-state index in [4.69, 9.17) is 14.7 Å². The van der Waals surface area contributed by atoms with Crippen LogP contribution in [0.3, 0.4) is 0 Å².